The van der Waals surface area contributed by atoms with E-state index < -0.39 is 0 Å². The highest BCUT2D eigenvalue weighted by Gasteiger charge is 2.16. The maximum absolute atomic E-state index is 5.87. The topological polar surface area (TPSA) is 48.2 Å². The zero-order valence-corrected chi connectivity index (χ0v) is 13.9. The molecule has 1 aromatic carbocycles. The number of hydrogen-bond donors (Lipinski definition) is 0. The molecule has 0 radical (unpaired) electrons. The Bertz CT molecular complexity index is 756. The minimum absolute atomic E-state index is 0.576. The number of furan rings is 1. The van der Waals surface area contributed by atoms with Crippen LogP contribution in [0.3, 0.4) is 0 Å². The molecule has 0 saturated carbocycles. The summed E-state index contributed by atoms with van der Waals surface area (Å²) >= 11 is 3.79. The first-order valence-electron chi connectivity index (χ1n) is 5.86. The van der Waals surface area contributed by atoms with Gasteiger partial charge < -0.3 is 9.15 Å². The van der Waals surface area contributed by atoms with Gasteiger partial charge in [0.2, 0.25) is 5.71 Å². The van der Waals surface area contributed by atoms with Crippen LogP contribution in [0.5, 0.6) is 5.75 Å². The Morgan fingerprint density at radius 3 is 2.65 bits per heavy atom. The molecule has 0 saturated heterocycles. The van der Waals surface area contributed by atoms with Gasteiger partial charge >= 0.3 is 0 Å². The molecule has 6 heteroatoms. The van der Waals surface area contributed by atoms with Gasteiger partial charge in [-0.2, -0.15) is 0 Å². The van der Waals surface area contributed by atoms with Crippen LogP contribution in [0.1, 0.15) is 0 Å². The van der Waals surface area contributed by atoms with E-state index in [0.717, 1.165) is 31.2 Å². The second kappa shape index (κ2) is 5.61. The van der Waals surface area contributed by atoms with Gasteiger partial charge in [0.05, 0.1) is 16.9 Å². The number of halogens is 1. The summed E-state index contributed by atoms with van der Waals surface area (Å²) in [5, 5.41) is 0.851. The van der Waals surface area contributed by atoms with E-state index in [1.165, 1.54) is 0 Å². The van der Waals surface area contributed by atoms with E-state index in [1.807, 2.05) is 30.5 Å². The first kappa shape index (κ1) is 13.7. The number of hydrogen-bond acceptors (Lipinski definition) is 5. The van der Waals surface area contributed by atoms with Crippen LogP contribution in [0.15, 0.2) is 39.9 Å². The third-order valence-corrected chi connectivity index (χ3v) is 4.50. The molecule has 0 aliphatic rings. The lowest BCUT2D eigenvalue weighted by Gasteiger charge is -2.00. The van der Waals surface area contributed by atoms with E-state index in [4.69, 9.17) is 9.15 Å². The van der Waals surface area contributed by atoms with E-state index in [9.17, 15) is 0 Å². The molecule has 102 valence electrons. The van der Waals surface area contributed by atoms with Gasteiger partial charge in [-0.05, 0) is 53.1 Å². The molecule has 20 heavy (non-hydrogen) atoms. The monoisotopic (exact) mass is 398 g/mol. The smallest absolute Gasteiger partial charge is 0.247 e. The molecule has 3 aromatic rings. The summed E-state index contributed by atoms with van der Waals surface area (Å²) in [6, 6.07) is 7.75. The number of fused-ring (bicyclic) bond motifs is 1. The first-order valence-corrected chi connectivity index (χ1v) is 8.16. The normalized spacial score (nSPS) is 10.9. The van der Waals surface area contributed by atoms with Crippen LogP contribution in [-0.2, 0) is 0 Å². The molecule has 0 spiro atoms. The van der Waals surface area contributed by atoms with E-state index in [2.05, 4.69) is 32.6 Å². The van der Waals surface area contributed by atoms with Crippen molar-refractivity contribution >= 4 is 45.6 Å². The number of ether oxygens (including phenoxy) is 1. The van der Waals surface area contributed by atoms with Gasteiger partial charge in [0, 0.05) is 5.56 Å². The van der Waals surface area contributed by atoms with Gasteiger partial charge in [-0.1, -0.05) is 0 Å². The van der Waals surface area contributed by atoms with Crippen LogP contribution in [-0.4, -0.2) is 23.3 Å². The Hall–Kier alpha value is -1.28. The fourth-order valence-electron chi connectivity index (χ4n) is 1.85. The molecule has 2 heterocycles. The Morgan fingerprint density at radius 2 is 2.00 bits per heavy atom. The number of thioether (sulfide) groups is 1. The molecular weight excluding hydrogens is 387 g/mol. The Labute approximate surface area is 134 Å². The molecule has 3 rings (SSSR count). The van der Waals surface area contributed by atoms with Crippen molar-refractivity contribution in [2.75, 3.05) is 13.4 Å². The largest absolute Gasteiger partial charge is 0.497 e. The first-order chi connectivity index (χ1) is 9.72. The van der Waals surface area contributed by atoms with Crippen molar-refractivity contribution in [1.82, 2.24) is 9.97 Å². The average Bonchev–Trinajstić information content (AvgIpc) is 2.84. The van der Waals surface area contributed by atoms with Gasteiger partial charge in [0.25, 0.3) is 0 Å². The Morgan fingerprint density at radius 1 is 1.25 bits per heavy atom. The number of aromatic nitrogens is 2. The number of rotatable bonds is 3. The Kier molecular flexibility index (Phi) is 3.84. The van der Waals surface area contributed by atoms with Gasteiger partial charge in [-0.3, -0.25) is 0 Å². The zero-order chi connectivity index (χ0) is 14.1. The van der Waals surface area contributed by atoms with Gasteiger partial charge in [0.15, 0.2) is 5.76 Å². The molecule has 0 N–H and O–H groups in total. The molecule has 0 amide bonds. The van der Waals surface area contributed by atoms with Gasteiger partial charge in [-0.15, -0.1) is 11.8 Å². The molecule has 0 unspecified atom stereocenters. The number of methoxy groups -OCH3 is 1. The standard InChI is InChI=1S/C14H11IN2O2S/c1-18-9-5-3-8(4-6-9)13-11(15)12-14(19-13)17-10(20-2)7-16-12/h3-7H,1-2H3. The van der Waals surface area contributed by atoms with Crippen molar-refractivity contribution < 1.29 is 9.15 Å². The third-order valence-electron chi connectivity index (χ3n) is 2.89. The van der Waals surface area contributed by atoms with Gasteiger partial charge in [0.1, 0.15) is 16.3 Å². The highest BCUT2D eigenvalue weighted by molar-refractivity contribution is 14.1. The lowest BCUT2D eigenvalue weighted by molar-refractivity contribution is 0.415. The van der Waals surface area contributed by atoms with Crippen LogP contribution >= 0.6 is 34.4 Å². The summed E-state index contributed by atoms with van der Waals surface area (Å²) in [6.07, 6.45) is 3.73. The molecule has 2 aromatic heterocycles. The summed E-state index contributed by atoms with van der Waals surface area (Å²) < 4.78 is 12.0. The molecule has 0 aliphatic heterocycles. The van der Waals surface area contributed by atoms with Crippen LogP contribution in [0.4, 0.5) is 0 Å². The SMILES string of the molecule is COc1ccc(-c2oc3nc(SC)cnc3c2I)cc1. The minimum atomic E-state index is 0.576. The average molecular weight is 398 g/mol. The maximum Gasteiger partial charge on any atom is 0.247 e. The summed E-state index contributed by atoms with van der Waals surface area (Å²) in [7, 11) is 1.65. The van der Waals surface area contributed by atoms with Crippen molar-refractivity contribution in [3.63, 3.8) is 0 Å². The van der Waals surface area contributed by atoms with E-state index in [0.29, 0.717) is 5.71 Å². The molecule has 0 atom stereocenters. The highest BCUT2D eigenvalue weighted by atomic mass is 127. The van der Waals surface area contributed by atoms with Crippen LogP contribution in [0.2, 0.25) is 0 Å². The minimum Gasteiger partial charge on any atom is -0.497 e. The second-order valence-electron chi connectivity index (χ2n) is 4.04. The summed E-state index contributed by atoms with van der Waals surface area (Å²) in [4.78, 5) is 8.86. The fourth-order valence-corrected chi connectivity index (χ4v) is 2.98. The maximum atomic E-state index is 5.87. The van der Waals surface area contributed by atoms with Crippen molar-refractivity contribution in [3.8, 4) is 17.1 Å². The highest BCUT2D eigenvalue weighted by Crippen LogP contribution is 2.34. The van der Waals surface area contributed by atoms with Crippen LogP contribution in [0.25, 0.3) is 22.6 Å². The van der Waals surface area contributed by atoms with Crippen molar-refractivity contribution in [2.45, 2.75) is 5.03 Å². The fraction of sp³-hybridized carbons (Fsp3) is 0.143. The van der Waals surface area contributed by atoms with Crippen molar-refractivity contribution in [1.29, 1.82) is 0 Å². The quantitative estimate of drug-likeness (QED) is 0.488. The van der Waals surface area contributed by atoms with E-state index >= 15 is 0 Å². The predicted octanol–water partition coefficient (Wildman–Crippen LogP) is 4.22. The summed E-state index contributed by atoms with van der Waals surface area (Å²) in [5.41, 5.74) is 2.36. The molecular formula is C14H11IN2O2S. The molecule has 0 aliphatic carbocycles. The van der Waals surface area contributed by atoms with Gasteiger partial charge in [-0.25, -0.2) is 9.97 Å². The molecule has 4 nitrogen and oxygen atoms in total. The second-order valence-corrected chi connectivity index (χ2v) is 5.95. The summed E-state index contributed by atoms with van der Waals surface area (Å²) in [6.45, 7) is 0. The third kappa shape index (κ3) is 2.37. The van der Waals surface area contributed by atoms with Crippen molar-refractivity contribution in [3.05, 3.63) is 34.0 Å². The van der Waals surface area contributed by atoms with Crippen LogP contribution in [0, 0.1) is 3.57 Å². The lowest BCUT2D eigenvalue weighted by Crippen LogP contribution is -1.83. The lowest BCUT2D eigenvalue weighted by atomic mass is 10.2. The van der Waals surface area contributed by atoms with Crippen molar-refractivity contribution in [2.24, 2.45) is 0 Å². The van der Waals surface area contributed by atoms with E-state index in [-0.39, 0.29) is 0 Å². The van der Waals surface area contributed by atoms with E-state index in [1.54, 1.807) is 25.1 Å². The Balaban J connectivity index is 2.12. The molecule has 0 bridgehead atoms. The number of benzene rings is 1. The zero-order valence-electron chi connectivity index (χ0n) is 10.9. The predicted molar refractivity (Wildman–Crippen MR) is 88.3 cm³/mol. The summed E-state index contributed by atoms with van der Waals surface area (Å²) in [5.74, 6) is 1.61. The number of nitrogens with zero attached hydrogens (tertiary/aromatic N) is 2. The van der Waals surface area contributed by atoms with Crippen LogP contribution < -0.4 is 4.74 Å². The molecule has 0 fully saturated rings.